The van der Waals surface area contributed by atoms with Crippen molar-refractivity contribution in [3.8, 4) is 5.75 Å². The molecule has 0 saturated carbocycles. The second-order valence-electron chi connectivity index (χ2n) is 7.57. The van der Waals surface area contributed by atoms with Gasteiger partial charge in [-0.2, -0.15) is 4.39 Å². The van der Waals surface area contributed by atoms with Crippen molar-refractivity contribution in [1.29, 1.82) is 0 Å². The van der Waals surface area contributed by atoms with E-state index in [2.05, 4.69) is 55.0 Å². The van der Waals surface area contributed by atoms with E-state index in [1.54, 1.807) is 6.07 Å². The Morgan fingerprint density at radius 3 is 2.52 bits per heavy atom. The Balaban J connectivity index is 1.81. The molecule has 0 amide bonds. The molecular formula is C22H28F2N2O. The second kappa shape index (κ2) is 8.36. The van der Waals surface area contributed by atoms with Gasteiger partial charge in [0.05, 0.1) is 7.11 Å². The first kappa shape index (κ1) is 19.8. The number of ether oxygens (including phenoxy) is 1. The minimum Gasteiger partial charge on any atom is -0.494 e. The number of hydrogen-bond acceptors (Lipinski definition) is 3. The predicted octanol–water partition coefficient (Wildman–Crippen LogP) is 4.59. The van der Waals surface area contributed by atoms with E-state index in [0.717, 1.165) is 19.6 Å². The van der Waals surface area contributed by atoms with Crippen LogP contribution in [0.1, 0.15) is 42.5 Å². The Bertz CT molecular complexity index is 794. The van der Waals surface area contributed by atoms with E-state index in [4.69, 9.17) is 4.74 Å². The van der Waals surface area contributed by atoms with Crippen molar-refractivity contribution in [1.82, 2.24) is 9.80 Å². The summed E-state index contributed by atoms with van der Waals surface area (Å²) in [5, 5.41) is 0. The van der Waals surface area contributed by atoms with Crippen LogP contribution in [-0.2, 0) is 6.54 Å². The molecule has 1 atom stereocenters. The Morgan fingerprint density at radius 2 is 1.81 bits per heavy atom. The van der Waals surface area contributed by atoms with Crippen LogP contribution in [0.25, 0.3) is 0 Å². The van der Waals surface area contributed by atoms with Crippen LogP contribution in [0.5, 0.6) is 5.75 Å². The zero-order valence-electron chi connectivity index (χ0n) is 16.5. The minimum atomic E-state index is -0.911. The quantitative estimate of drug-likeness (QED) is 0.762. The lowest BCUT2D eigenvalue weighted by Crippen LogP contribution is -2.46. The van der Waals surface area contributed by atoms with Gasteiger partial charge in [0, 0.05) is 37.8 Å². The fourth-order valence-corrected chi connectivity index (χ4v) is 3.84. The van der Waals surface area contributed by atoms with E-state index in [-0.39, 0.29) is 11.8 Å². The fraction of sp³-hybridized carbons (Fsp3) is 0.455. The number of hydrogen-bond donors (Lipinski definition) is 0. The van der Waals surface area contributed by atoms with Crippen molar-refractivity contribution in [3.05, 3.63) is 64.7 Å². The summed E-state index contributed by atoms with van der Waals surface area (Å²) in [5.41, 5.74) is 3.03. The van der Waals surface area contributed by atoms with Gasteiger partial charge in [0.1, 0.15) is 0 Å². The third kappa shape index (κ3) is 4.14. The van der Waals surface area contributed by atoms with Gasteiger partial charge in [-0.3, -0.25) is 9.80 Å². The van der Waals surface area contributed by atoms with E-state index in [0.29, 0.717) is 18.0 Å². The van der Waals surface area contributed by atoms with Gasteiger partial charge in [0.25, 0.3) is 0 Å². The van der Waals surface area contributed by atoms with E-state index in [1.165, 1.54) is 24.3 Å². The smallest absolute Gasteiger partial charge is 0.200 e. The SMILES string of the molecule is COc1ccc(CN2CCN(C)C(c3ccccc3C(C)C)C2)c(F)c1F. The summed E-state index contributed by atoms with van der Waals surface area (Å²) >= 11 is 0. The van der Waals surface area contributed by atoms with Crippen molar-refractivity contribution in [2.45, 2.75) is 32.4 Å². The third-order valence-electron chi connectivity index (χ3n) is 5.45. The molecule has 1 aliphatic heterocycles. The molecule has 2 aromatic carbocycles. The first-order valence-corrected chi connectivity index (χ1v) is 9.44. The van der Waals surface area contributed by atoms with E-state index >= 15 is 0 Å². The highest BCUT2D eigenvalue weighted by atomic mass is 19.2. The van der Waals surface area contributed by atoms with Gasteiger partial charge in [0.15, 0.2) is 11.6 Å². The van der Waals surface area contributed by atoms with E-state index in [1.807, 2.05) is 0 Å². The molecule has 1 unspecified atom stereocenters. The molecule has 1 saturated heterocycles. The van der Waals surface area contributed by atoms with Crippen molar-refractivity contribution in [2.24, 2.45) is 0 Å². The molecule has 0 bridgehead atoms. The van der Waals surface area contributed by atoms with Gasteiger partial charge in [-0.25, -0.2) is 4.39 Å². The summed E-state index contributed by atoms with van der Waals surface area (Å²) in [6.45, 7) is 7.29. The Kier molecular flexibility index (Phi) is 6.12. The molecule has 1 aliphatic rings. The highest BCUT2D eigenvalue weighted by Gasteiger charge is 2.28. The predicted molar refractivity (Wildman–Crippen MR) is 104 cm³/mol. The zero-order chi connectivity index (χ0) is 19.6. The number of halogens is 2. The molecule has 2 aromatic rings. The molecule has 1 heterocycles. The van der Waals surface area contributed by atoms with E-state index in [9.17, 15) is 8.78 Å². The van der Waals surface area contributed by atoms with Gasteiger partial charge in [-0.05, 0) is 30.2 Å². The lowest BCUT2D eigenvalue weighted by Gasteiger charge is -2.40. The molecule has 0 aromatic heterocycles. The summed E-state index contributed by atoms with van der Waals surface area (Å²) in [5.74, 6) is -1.34. The van der Waals surface area contributed by atoms with Gasteiger partial charge in [-0.15, -0.1) is 0 Å². The van der Waals surface area contributed by atoms with Gasteiger partial charge >= 0.3 is 0 Å². The highest BCUT2D eigenvalue weighted by Crippen LogP contribution is 2.31. The normalized spacial score (nSPS) is 18.9. The molecule has 0 N–H and O–H groups in total. The maximum Gasteiger partial charge on any atom is 0.200 e. The molecule has 1 fully saturated rings. The monoisotopic (exact) mass is 374 g/mol. The molecule has 146 valence electrons. The first-order valence-electron chi connectivity index (χ1n) is 9.44. The van der Waals surface area contributed by atoms with Crippen LogP contribution >= 0.6 is 0 Å². The average molecular weight is 374 g/mol. The topological polar surface area (TPSA) is 15.7 Å². The Hall–Kier alpha value is -1.98. The van der Waals surface area contributed by atoms with Crippen LogP contribution in [-0.4, -0.2) is 43.6 Å². The Labute approximate surface area is 160 Å². The zero-order valence-corrected chi connectivity index (χ0v) is 16.5. The van der Waals surface area contributed by atoms with Crippen molar-refractivity contribution < 1.29 is 13.5 Å². The van der Waals surface area contributed by atoms with Crippen molar-refractivity contribution >= 4 is 0 Å². The first-order chi connectivity index (χ1) is 12.9. The summed E-state index contributed by atoms with van der Waals surface area (Å²) < 4.78 is 33.3. The number of rotatable bonds is 5. The van der Waals surface area contributed by atoms with Crippen LogP contribution in [0.2, 0.25) is 0 Å². The maximum atomic E-state index is 14.4. The molecular weight excluding hydrogens is 346 g/mol. The number of nitrogens with zero attached hydrogens (tertiary/aromatic N) is 2. The highest BCUT2D eigenvalue weighted by molar-refractivity contribution is 5.34. The van der Waals surface area contributed by atoms with Crippen LogP contribution in [0, 0.1) is 11.6 Å². The summed E-state index contributed by atoms with van der Waals surface area (Å²) in [6.07, 6.45) is 0. The van der Waals surface area contributed by atoms with E-state index < -0.39 is 11.6 Å². The van der Waals surface area contributed by atoms with Crippen LogP contribution < -0.4 is 4.74 Å². The standard InChI is InChI=1S/C22H28F2N2O/c1-15(2)17-7-5-6-8-18(17)19-14-26(12-11-25(19)3)13-16-9-10-20(27-4)22(24)21(16)23/h5-10,15,19H,11-14H2,1-4H3. The lowest BCUT2D eigenvalue weighted by molar-refractivity contribution is 0.0889. The number of piperazine rings is 1. The fourth-order valence-electron chi connectivity index (χ4n) is 3.84. The van der Waals surface area contributed by atoms with Gasteiger partial charge in [0.2, 0.25) is 5.82 Å². The third-order valence-corrected chi connectivity index (χ3v) is 5.45. The molecule has 0 radical (unpaired) electrons. The summed E-state index contributed by atoms with van der Waals surface area (Å²) in [4.78, 5) is 4.55. The molecule has 27 heavy (non-hydrogen) atoms. The van der Waals surface area contributed by atoms with Gasteiger partial charge in [-0.1, -0.05) is 44.2 Å². The van der Waals surface area contributed by atoms with Crippen LogP contribution in [0.3, 0.4) is 0 Å². The molecule has 0 spiro atoms. The molecule has 3 nitrogen and oxygen atoms in total. The second-order valence-corrected chi connectivity index (χ2v) is 7.57. The van der Waals surface area contributed by atoms with Crippen molar-refractivity contribution in [2.75, 3.05) is 33.8 Å². The van der Waals surface area contributed by atoms with Gasteiger partial charge < -0.3 is 4.74 Å². The molecule has 5 heteroatoms. The molecule has 0 aliphatic carbocycles. The largest absolute Gasteiger partial charge is 0.494 e. The molecule has 3 rings (SSSR count). The number of benzene rings is 2. The lowest BCUT2D eigenvalue weighted by atomic mass is 9.91. The van der Waals surface area contributed by atoms with Crippen molar-refractivity contribution in [3.63, 3.8) is 0 Å². The minimum absolute atomic E-state index is 0.0571. The number of likely N-dealkylation sites (N-methyl/N-ethyl adjacent to an activating group) is 1. The summed E-state index contributed by atoms with van der Waals surface area (Å²) in [7, 11) is 3.47. The Morgan fingerprint density at radius 1 is 1.07 bits per heavy atom. The maximum absolute atomic E-state index is 14.4. The van der Waals surface area contributed by atoms with Crippen LogP contribution in [0.4, 0.5) is 8.78 Å². The number of methoxy groups -OCH3 is 1. The van der Waals surface area contributed by atoms with Crippen LogP contribution in [0.15, 0.2) is 36.4 Å². The average Bonchev–Trinajstić information content (AvgIpc) is 2.67. The summed E-state index contributed by atoms with van der Waals surface area (Å²) in [6, 6.07) is 11.9.